The Kier molecular flexibility index (Phi) is 4.94. The van der Waals surface area contributed by atoms with E-state index in [2.05, 4.69) is 12.1 Å². The van der Waals surface area contributed by atoms with Crippen molar-refractivity contribution in [2.24, 2.45) is 5.92 Å². The van der Waals surface area contributed by atoms with E-state index in [1.807, 2.05) is 42.5 Å². The number of nitrogens with zero attached hydrogens (tertiary/aromatic N) is 1. The van der Waals surface area contributed by atoms with Gasteiger partial charge in [0, 0.05) is 13.1 Å². The fraction of sp³-hybridized carbons (Fsp3) is 0.300. The Bertz CT molecular complexity index is 709. The summed E-state index contributed by atoms with van der Waals surface area (Å²) in [4.78, 5) is 25.2. The molecule has 0 aliphatic carbocycles. The maximum absolute atomic E-state index is 12.4. The van der Waals surface area contributed by atoms with E-state index >= 15 is 0 Å². The molecule has 2 aromatic carbocycles. The lowest BCUT2D eigenvalue weighted by Crippen LogP contribution is -2.42. The Morgan fingerprint density at radius 1 is 1.00 bits per heavy atom. The Morgan fingerprint density at radius 2 is 1.67 bits per heavy atom. The number of benzene rings is 2. The summed E-state index contributed by atoms with van der Waals surface area (Å²) in [5, 5.41) is 9.13. The quantitative estimate of drug-likeness (QED) is 0.940. The smallest absolute Gasteiger partial charge is 0.308 e. The first-order chi connectivity index (χ1) is 11.6. The number of likely N-dealkylation sites (tertiary alicyclic amines) is 1. The predicted octanol–water partition coefficient (Wildman–Crippen LogP) is 3.22. The van der Waals surface area contributed by atoms with E-state index in [9.17, 15) is 9.59 Å². The summed E-state index contributed by atoms with van der Waals surface area (Å²) < 4.78 is 0. The normalized spacial score (nSPS) is 17.5. The molecule has 1 amide bonds. The Morgan fingerprint density at radius 3 is 2.33 bits per heavy atom. The minimum atomic E-state index is -0.806. The molecule has 24 heavy (non-hydrogen) atoms. The molecule has 4 nitrogen and oxygen atoms in total. The second-order valence-corrected chi connectivity index (χ2v) is 6.26. The molecule has 0 spiro atoms. The van der Waals surface area contributed by atoms with Crippen LogP contribution in [-0.2, 0) is 16.0 Å². The minimum Gasteiger partial charge on any atom is -0.481 e. The minimum absolute atomic E-state index is 0.00779. The van der Waals surface area contributed by atoms with E-state index in [-0.39, 0.29) is 5.91 Å². The molecule has 0 radical (unpaired) electrons. The van der Waals surface area contributed by atoms with Gasteiger partial charge >= 0.3 is 5.97 Å². The van der Waals surface area contributed by atoms with E-state index < -0.39 is 11.9 Å². The summed E-state index contributed by atoms with van der Waals surface area (Å²) in [5.41, 5.74) is 3.23. The average molecular weight is 323 g/mol. The van der Waals surface area contributed by atoms with Gasteiger partial charge in [0.2, 0.25) is 5.91 Å². The number of hydrogen-bond donors (Lipinski definition) is 1. The fourth-order valence-electron chi connectivity index (χ4n) is 3.14. The van der Waals surface area contributed by atoms with E-state index in [0.717, 1.165) is 23.1 Å². The molecule has 0 bridgehead atoms. The van der Waals surface area contributed by atoms with E-state index in [1.54, 1.807) is 4.90 Å². The zero-order valence-electron chi connectivity index (χ0n) is 13.5. The topological polar surface area (TPSA) is 57.6 Å². The number of amides is 1. The zero-order valence-corrected chi connectivity index (χ0v) is 13.5. The number of carboxylic acids is 1. The predicted molar refractivity (Wildman–Crippen MR) is 92.5 cm³/mol. The van der Waals surface area contributed by atoms with Crippen LogP contribution in [0.3, 0.4) is 0 Å². The van der Waals surface area contributed by atoms with Crippen molar-refractivity contribution in [1.29, 1.82) is 0 Å². The van der Waals surface area contributed by atoms with Crippen molar-refractivity contribution in [2.45, 2.75) is 19.3 Å². The number of carboxylic acid groups (broad SMARTS) is 1. The maximum atomic E-state index is 12.4. The van der Waals surface area contributed by atoms with Gasteiger partial charge in [-0.15, -0.1) is 0 Å². The molecule has 0 aromatic heterocycles. The average Bonchev–Trinajstić information content (AvgIpc) is 2.63. The Labute approximate surface area is 141 Å². The van der Waals surface area contributed by atoms with Crippen molar-refractivity contribution in [3.8, 4) is 11.1 Å². The monoisotopic (exact) mass is 323 g/mol. The summed E-state index contributed by atoms with van der Waals surface area (Å²) in [7, 11) is 0. The molecule has 2 aromatic rings. The summed E-state index contributed by atoms with van der Waals surface area (Å²) in [6.45, 7) is 0.987. The second kappa shape index (κ2) is 7.30. The van der Waals surface area contributed by atoms with Crippen LogP contribution in [0.25, 0.3) is 11.1 Å². The van der Waals surface area contributed by atoms with Crippen molar-refractivity contribution in [1.82, 2.24) is 4.90 Å². The third kappa shape index (κ3) is 3.82. The van der Waals surface area contributed by atoms with Crippen LogP contribution in [0, 0.1) is 5.92 Å². The third-order valence-electron chi connectivity index (χ3n) is 4.54. The van der Waals surface area contributed by atoms with E-state index in [4.69, 9.17) is 5.11 Å². The highest BCUT2D eigenvalue weighted by Crippen LogP contribution is 2.21. The first-order valence-electron chi connectivity index (χ1n) is 8.28. The van der Waals surface area contributed by atoms with Gasteiger partial charge in [0.05, 0.1) is 12.3 Å². The highest BCUT2D eigenvalue weighted by Gasteiger charge is 2.27. The highest BCUT2D eigenvalue weighted by molar-refractivity contribution is 5.80. The van der Waals surface area contributed by atoms with Gasteiger partial charge in [-0.3, -0.25) is 9.59 Å². The summed E-state index contributed by atoms with van der Waals surface area (Å²) in [5.74, 6) is -1.23. The molecule has 1 heterocycles. The van der Waals surface area contributed by atoms with Gasteiger partial charge in [-0.2, -0.15) is 0 Å². The Balaban J connectivity index is 1.63. The first-order valence-corrected chi connectivity index (χ1v) is 8.28. The lowest BCUT2D eigenvalue weighted by molar-refractivity contribution is -0.145. The van der Waals surface area contributed by atoms with Crippen molar-refractivity contribution in [2.75, 3.05) is 13.1 Å². The molecule has 1 saturated heterocycles. The number of carbonyl (C=O) groups is 2. The van der Waals surface area contributed by atoms with E-state index in [1.165, 1.54) is 0 Å². The summed E-state index contributed by atoms with van der Waals surface area (Å²) in [6.07, 6.45) is 1.74. The summed E-state index contributed by atoms with van der Waals surface area (Å²) >= 11 is 0. The molecule has 1 atom stereocenters. The number of hydrogen-bond acceptors (Lipinski definition) is 2. The van der Waals surface area contributed by atoms with Gasteiger partial charge in [-0.05, 0) is 29.5 Å². The second-order valence-electron chi connectivity index (χ2n) is 6.26. The van der Waals surface area contributed by atoms with Gasteiger partial charge in [0.1, 0.15) is 0 Å². The molecular formula is C20H21NO3. The zero-order chi connectivity index (χ0) is 16.9. The molecule has 3 rings (SSSR count). The standard InChI is InChI=1S/C20H21NO3/c22-19(21-12-4-7-18(14-21)20(23)24)13-15-8-10-17(11-9-15)16-5-2-1-3-6-16/h1-3,5-6,8-11,18H,4,7,12-14H2,(H,23,24)/t18-/m0/s1. The van der Waals surface area contributed by atoms with Gasteiger partial charge in [-0.1, -0.05) is 54.6 Å². The Hall–Kier alpha value is -2.62. The lowest BCUT2D eigenvalue weighted by Gasteiger charge is -2.30. The van der Waals surface area contributed by atoms with Crippen LogP contribution in [0.15, 0.2) is 54.6 Å². The van der Waals surface area contributed by atoms with Crippen LogP contribution in [0.1, 0.15) is 18.4 Å². The van der Waals surface area contributed by atoms with Crippen molar-refractivity contribution in [3.63, 3.8) is 0 Å². The lowest BCUT2D eigenvalue weighted by atomic mass is 9.97. The van der Waals surface area contributed by atoms with Gasteiger partial charge in [-0.25, -0.2) is 0 Å². The number of piperidine rings is 1. The molecule has 1 N–H and O–H groups in total. The molecule has 1 aliphatic heterocycles. The molecule has 0 saturated carbocycles. The molecule has 1 fully saturated rings. The fourth-order valence-corrected chi connectivity index (χ4v) is 3.14. The van der Waals surface area contributed by atoms with Crippen molar-refractivity contribution < 1.29 is 14.7 Å². The van der Waals surface area contributed by atoms with Crippen LogP contribution in [0.4, 0.5) is 0 Å². The first kappa shape index (κ1) is 16.2. The molecule has 0 unspecified atom stereocenters. The third-order valence-corrected chi connectivity index (χ3v) is 4.54. The van der Waals surface area contributed by atoms with Crippen LogP contribution in [0.5, 0.6) is 0 Å². The molecule has 124 valence electrons. The van der Waals surface area contributed by atoms with Gasteiger partial charge < -0.3 is 10.0 Å². The maximum Gasteiger partial charge on any atom is 0.308 e. The van der Waals surface area contributed by atoms with Crippen LogP contribution < -0.4 is 0 Å². The number of aliphatic carboxylic acids is 1. The van der Waals surface area contributed by atoms with Crippen LogP contribution in [0.2, 0.25) is 0 Å². The molecule has 4 heteroatoms. The largest absolute Gasteiger partial charge is 0.481 e. The highest BCUT2D eigenvalue weighted by atomic mass is 16.4. The van der Waals surface area contributed by atoms with Crippen LogP contribution >= 0.6 is 0 Å². The van der Waals surface area contributed by atoms with Crippen molar-refractivity contribution >= 4 is 11.9 Å². The van der Waals surface area contributed by atoms with Gasteiger partial charge in [0.25, 0.3) is 0 Å². The number of carbonyl (C=O) groups excluding carboxylic acids is 1. The van der Waals surface area contributed by atoms with E-state index in [0.29, 0.717) is 25.9 Å². The van der Waals surface area contributed by atoms with Crippen LogP contribution in [-0.4, -0.2) is 35.0 Å². The number of rotatable bonds is 4. The summed E-state index contributed by atoms with van der Waals surface area (Å²) in [6, 6.07) is 18.1. The van der Waals surface area contributed by atoms with Gasteiger partial charge in [0.15, 0.2) is 0 Å². The SMILES string of the molecule is O=C(O)[C@H]1CCCN(C(=O)Cc2ccc(-c3ccccc3)cc2)C1. The molecular weight excluding hydrogens is 302 g/mol. The molecule has 1 aliphatic rings. The van der Waals surface area contributed by atoms with Crippen molar-refractivity contribution in [3.05, 3.63) is 60.2 Å².